The van der Waals surface area contributed by atoms with Gasteiger partial charge in [0, 0.05) is 34.2 Å². The summed E-state index contributed by atoms with van der Waals surface area (Å²) < 4.78 is 52.3. The maximum absolute atomic E-state index is 6.70. The molecule has 6 rings (SSSR count). The Labute approximate surface area is 360 Å². The van der Waals surface area contributed by atoms with E-state index in [1.54, 1.807) is 0 Å². The van der Waals surface area contributed by atoms with Crippen LogP contribution in [0.2, 0.25) is 0 Å². The second-order valence-electron chi connectivity index (χ2n) is 18.2. The Balaban J connectivity index is 1.66. The fourth-order valence-electron chi connectivity index (χ4n) is 6.99. The Morgan fingerprint density at radius 3 is 0.950 bits per heavy atom. The van der Waals surface area contributed by atoms with E-state index in [0.717, 1.165) is 73.4 Å². The standard InChI is InChI=1S/C48H68B2N2O8/c1-13-17-23-53-35-27-33(28-36(31-35)54-24-18-14-2)41-42(34-29-37(55-25-19-15-3)32-38(30-34)56-26-20-16-4)52-44-40(50-59-47(9,10)48(11,12)60-50)22-21-39(43(44)51-41)49-57-45(5,6)46(7,8)58-49/h21-22,27-32H,13-20,23-26H2,1-12H3. The minimum absolute atomic E-state index is 0.578. The zero-order chi connectivity index (χ0) is 43.3. The van der Waals surface area contributed by atoms with Crippen molar-refractivity contribution >= 4 is 36.2 Å². The molecular weight excluding hydrogens is 754 g/mol. The Hall–Kier alpha value is -3.83. The Kier molecular flexibility index (Phi) is 14.5. The number of benzene rings is 3. The van der Waals surface area contributed by atoms with Gasteiger partial charge in [-0.2, -0.15) is 0 Å². The van der Waals surface area contributed by atoms with Gasteiger partial charge in [0.25, 0.3) is 0 Å². The number of aromatic nitrogens is 2. The highest BCUT2D eigenvalue weighted by Crippen LogP contribution is 2.41. The second kappa shape index (κ2) is 19.1. The van der Waals surface area contributed by atoms with E-state index in [9.17, 15) is 0 Å². The molecule has 0 amide bonds. The normalized spacial score (nSPS) is 17.7. The first-order chi connectivity index (χ1) is 28.5. The number of unbranched alkanes of at least 4 members (excludes halogenated alkanes) is 4. The van der Waals surface area contributed by atoms with Gasteiger partial charge in [-0.3, -0.25) is 0 Å². The Morgan fingerprint density at radius 1 is 0.433 bits per heavy atom. The van der Waals surface area contributed by atoms with Crippen LogP contribution in [0.15, 0.2) is 48.5 Å². The van der Waals surface area contributed by atoms with Crippen LogP contribution in [0.25, 0.3) is 33.5 Å². The van der Waals surface area contributed by atoms with E-state index in [1.807, 2.05) is 48.5 Å². The van der Waals surface area contributed by atoms with Gasteiger partial charge in [0.2, 0.25) is 0 Å². The summed E-state index contributed by atoms with van der Waals surface area (Å²) in [6, 6.07) is 16.1. The lowest BCUT2D eigenvalue weighted by molar-refractivity contribution is 0.00578. The van der Waals surface area contributed by atoms with Gasteiger partial charge < -0.3 is 37.6 Å². The molecule has 60 heavy (non-hydrogen) atoms. The molecular formula is C48H68B2N2O8. The van der Waals surface area contributed by atoms with E-state index in [1.165, 1.54) is 0 Å². The van der Waals surface area contributed by atoms with Crippen molar-refractivity contribution in [3.8, 4) is 45.5 Å². The fourth-order valence-corrected chi connectivity index (χ4v) is 6.99. The van der Waals surface area contributed by atoms with Crippen LogP contribution in [0.3, 0.4) is 0 Å². The van der Waals surface area contributed by atoms with E-state index in [2.05, 4.69) is 83.1 Å². The summed E-state index contributed by atoms with van der Waals surface area (Å²) >= 11 is 0. The number of ether oxygens (including phenoxy) is 4. The molecule has 324 valence electrons. The number of nitrogens with zero attached hydrogens (tertiary/aromatic N) is 2. The Morgan fingerprint density at radius 2 is 0.700 bits per heavy atom. The molecule has 2 aliphatic heterocycles. The third-order valence-electron chi connectivity index (χ3n) is 12.3. The molecule has 0 aliphatic carbocycles. The van der Waals surface area contributed by atoms with Crippen molar-refractivity contribution in [1.82, 2.24) is 9.97 Å². The quantitative estimate of drug-likeness (QED) is 0.0633. The molecule has 0 bridgehead atoms. The van der Waals surface area contributed by atoms with Gasteiger partial charge in [-0.05, 0) is 105 Å². The molecule has 2 aliphatic rings. The number of fused-ring (bicyclic) bond motifs is 1. The van der Waals surface area contributed by atoms with Gasteiger partial charge in [-0.1, -0.05) is 65.5 Å². The average molecular weight is 823 g/mol. The molecule has 2 saturated heterocycles. The van der Waals surface area contributed by atoms with Crippen LogP contribution in [0.4, 0.5) is 0 Å². The summed E-state index contributed by atoms with van der Waals surface area (Å²) in [6.07, 6.45) is 7.81. The molecule has 0 radical (unpaired) electrons. The van der Waals surface area contributed by atoms with Crippen LogP contribution >= 0.6 is 0 Å². The summed E-state index contributed by atoms with van der Waals surface area (Å²) in [6.45, 7) is 27.5. The number of rotatable bonds is 20. The van der Waals surface area contributed by atoms with Gasteiger partial charge in [-0.15, -0.1) is 0 Å². The van der Waals surface area contributed by atoms with Crippen LogP contribution in [-0.4, -0.2) is 73.0 Å². The topological polar surface area (TPSA) is 99.6 Å². The lowest BCUT2D eigenvalue weighted by atomic mass is 9.72. The molecule has 1 aromatic heterocycles. The highest BCUT2D eigenvalue weighted by Gasteiger charge is 2.54. The highest BCUT2D eigenvalue weighted by atomic mass is 16.7. The van der Waals surface area contributed by atoms with Crippen molar-refractivity contribution in [2.24, 2.45) is 0 Å². The molecule has 3 aromatic carbocycles. The first kappa shape index (κ1) is 45.7. The van der Waals surface area contributed by atoms with Crippen molar-refractivity contribution in [3.05, 3.63) is 48.5 Å². The first-order valence-corrected chi connectivity index (χ1v) is 22.4. The summed E-state index contributed by atoms with van der Waals surface area (Å²) in [7, 11) is -1.41. The third kappa shape index (κ3) is 10.1. The van der Waals surface area contributed by atoms with Crippen molar-refractivity contribution in [2.75, 3.05) is 26.4 Å². The maximum atomic E-state index is 6.70. The summed E-state index contributed by atoms with van der Waals surface area (Å²) in [5.41, 5.74) is 3.34. The van der Waals surface area contributed by atoms with Crippen LogP contribution in [0.5, 0.6) is 23.0 Å². The van der Waals surface area contributed by atoms with Gasteiger partial charge in [0.05, 0.1) is 71.3 Å². The predicted molar refractivity (Wildman–Crippen MR) is 243 cm³/mol. The second-order valence-corrected chi connectivity index (χ2v) is 18.2. The van der Waals surface area contributed by atoms with Crippen LogP contribution in [0.1, 0.15) is 134 Å². The summed E-state index contributed by atoms with van der Waals surface area (Å²) in [4.78, 5) is 11.3. The van der Waals surface area contributed by atoms with Gasteiger partial charge >= 0.3 is 14.2 Å². The molecule has 0 saturated carbocycles. The molecule has 0 spiro atoms. The van der Waals surface area contributed by atoms with Crippen molar-refractivity contribution in [3.63, 3.8) is 0 Å². The van der Waals surface area contributed by atoms with E-state index in [4.69, 9.17) is 47.5 Å². The molecule has 12 heteroatoms. The van der Waals surface area contributed by atoms with Gasteiger partial charge in [0.15, 0.2) is 0 Å². The minimum Gasteiger partial charge on any atom is -0.493 e. The van der Waals surface area contributed by atoms with E-state index < -0.39 is 36.6 Å². The monoisotopic (exact) mass is 823 g/mol. The van der Waals surface area contributed by atoms with E-state index in [-0.39, 0.29) is 0 Å². The van der Waals surface area contributed by atoms with E-state index >= 15 is 0 Å². The molecule has 2 fully saturated rings. The van der Waals surface area contributed by atoms with Crippen molar-refractivity contribution in [2.45, 2.75) is 157 Å². The third-order valence-corrected chi connectivity index (χ3v) is 12.3. The average Bonchev–Trinajstić information content (AvgIpc) is 3.56. The maximum Gasteiger partial charge on any atom is 0.497 e. The summed E-state index contributed by atoms with van der Waals surface area (Å²) in [5.74, 6) is 2.82. The SMILES string of the molecule is CCCCOc1cc(OCCCC)cc(-c2nc3c(B4OC(C)(C)C(C)(C)O4)ccc(B4OC(C)(C)C(C)(C)O4)c3nc2-c2cc(OCCCC)cc(OCCCC)c2)c1. The van der Waals surface area contributed by atoms with Crippen LogP contribution in [0, 0.1) is 0 Å². The van der Waals surface area contributed by atoms with Crippen molar-refractivity contribution < 1.29 is 37.6 Å². The molecule has 3 heterocycles. The summed E-state index contributed by atoms with van der Waals surface area (Å²) in [5, 5.41) is 0. The number of hydrogen-bond acceptors (Lipinski definition) is 10. The Bertz CT molecular complexity index is 1850. The zero-order valence-electron chi connectivity index (χ0n) is 38.4. The lowest BCUT2D eigenvalue weighted by Gasteiger charge is -2.32. The largest absolute Gasteiger partial charge is 0.497 e. The molecule has 4 aromatic rings. The van der Waals surface area contributed by atoms with Crippen LogP contribution < -0.4 is 29.9 Å². The van der Waals surface area contributed by atoms with Crippen molar-refractivity contribution in [1.29, 1.82) is 0 Å². The molecule has 10 nitrogen and oxygen atoms in total. The molecule has 0 unspecified atom stereocenters. The van der Waals surface area contributed by atoms with E-state index in [0.29, 0.717) is 71.8 Å². The fraction of sp³-hybridized carbons (Fsp3) is 0.583. The van der Waals surface area contributed by atoms with Gasteiger partial charge in [0.1, 0.15) is 23.0 Å². The van der Waals surface area contributed by atoms with Gasteiger partial charge in [-0.25, -0.2) is 9.97 Å². The zero-order valence-corrected chi connectivity index (χ0v) is 38.4. The molecule has 0 N–H and O–H groups in total. The number of hydrogen-bond donors (Lipinski definition) is 0. The predicted octanol–water partition coefficient (Wildman–Crippen LogP) is 10.3. The lowest BCUT2D eigenvalue weighted by Crippen LogP contribution is -2.41. The first-order valence-electron chi connectivity index (χ1n) is 22.4. The minimum atomic E-state index is -0.705. The highest BCUT2D eigenvalue weighted by molar-refractivity contribution is 6.68. The van der Waals surface area contributed by atoms with Crippen LogP contribution in [-0.2, 0) is 18.6 Å². The molecule has 0 atom stereocenters. The smallest absolute Gasteiger partial charge is 0.493 e.